The molecule has 102 valence electrons. The maximum atomic E-state index is 9.73. The van der Waals surface area contributed by atoms with Gasteiger partial charge in [-0.15, -0.1) is 0 Å². The highest BCUT2D eigenvalue weighted by Crippen LogP contribution is 2.11. The Kier molecular flexibility index (Phi) is 6.22. The van der Waals surface area contributed by atoms with Gasteiger partial charge in [-0.05, 0) is 27.7 Å². The van der Waals surface area contributed by atoms with Gasteiger partial charge in [-0.25, -0.2) is 0 Å². The van der Waals surface area contributed by atoms with Crippen molar-refractivity contribution in [2.24, 2.45) is 4.99 Å². The van der Waals surface area contributed by atoms with Crippen molar-refractivity contribution in [1.82, 2.24) is 0 Å². The summed E-state index contributed by atoms with van der Waals surface area (Å²) in [5.41, 5.74) is -0.153. The molecule has 4 atom stereocenters. The molecule has 0 aliphatic heterocycles. The summed E-state index contributed by atoms with van der Waals surface area (Å²) in [6.45, 7) is 6.31. The third kappa shape index (κ3) is 5.56. The first-order valence-corrected chi connectivity index (χ1v) is 5.49. The summed E-state index contributed by atoms with van der Waals surface area (Å²) in [4.78, 5) is 4.15. The molecule has 0 radical (unpaired) electrons. The molecule has 17 heavy (non-hydrogen) atoms. The van der Waals surface area contributed by atoms with E-state index in [-0.39, 0.29) is 5.71 Å². The molecule has 0 aliphatic rings. The van der Waals surface area contributed by atoms with E-state index < -0.39 is 36.6 Å². The van der Waals surface area contributed by atoms with E-state index in [0.717, 1.165) is 0 Å². The standard InChI is InChI=1S/C11H23NO5/c1-6(12-11(2,3)4)8(15)10(17)9(16)7(14)5-13/h7-10,13-17H,5H2,1-4H3/t7-,8+,9-,10-/m1/s1. The van der Waals surface area contributed by atoms with Crippen LogP contribution in [0.4, 0.5) is 0 Å². The Morgan fingerprint density at radius 2 is 1.53 bits per heavy atom. The highest BCUT2D eigenvalue weighted by molar-refractivity contribution is 5.87. The summed E-state index contributed by atoms with van der Waals surface area (Å²) in [7, 11) is 0. The van der Waals surface area contributed by atoms with Gasteiger partial charge < -0.3 is 25.5 Å². The van der Waals surface area contributed by atoms with Crippen LogP contribution in [0.15, 0.2) is 4.99 Å². The molecule has 6 nitrogen and oxygen atoms in total. The van der Waals surface area contributed by atoms with E-state index in [0.29, 0.717) is 0 Å². The van der Waals surface area contributed by atoms with E-state index >= 15 is 0 Å². The smallest absolute Gasteiger partial charge is 0.120 e. The van der Waals surface area contributed by atoms with E-state index in [1.54, 1.807) is 0 Å². The van der Waals surface area contributed by atoms with Crippen LogP contribution in [0.1, 0.15) is 27.7 Å². The second kappa shape index (κ2) is 6.42. The topological polar surface area (TPSA) is 114 Å². The summed E-state index contributed by atoms with van der Waals surface area (Å²) in [6.07, 6.45) is -6.10. The molecule has 0 bridgehead atoms. The molecular weight excluding hydrogens is 226 g/mol. The number of rotatable bonds is 5. The van der Waals surface area contributed by atoms with Crippen LogP contribution in [0.2, 0.25) is 0 Å². The van der Waals surface area contributed by atoms with Crippen molar-refractivity contribution in [3.05, 3.63) is 0 Å². The molecule has 0 unspecified atom stereocenters. The predicted molar refractivity (Wildman–Crippen MR) is 64.0 cm³/mol. The van der Waals surface area contributed by atoms with Crippen LogP contribution < -0.4 is 0 Å². The fraction of sp³-hybridized carbons (Fsp3) is 0.909. The van der Waals surface area contributed by atoms with Crippen LogP contribution in [0.3, 0.4) is 0 Å². The van der Waals surface area contributed by atoms with Crippen molar-refractivity contribution in [2.75, 3.05) is 6.61 Å². The van der Waals surface area contributed by atoms with Crippen molar-refractivity contribution in [3.8, 4) is 0 Å². The third-order valence-corrected chi connectivity index (χ3v) is 2.19. The quantitative estimate of drug-likeness (QED) is 0.388. The van der Waals surface area contributed by atoms with E-state index in [4.69, 9.17) is 10.2 Å². The fourth-order valence-electron chi connectivity index (χ4n) is 1.36. The lowest BCUT2D eigenvalue weighted by molar-refractivity contribution is -0.101. The Balaban J connectivity index is 4.70. The highest BCUT2D eigenvalue weighted by Gasteiger charge is 2.31. The van der Waals surface area contributed by atoms with Gasteiger partial charge in [-0.1, -0.05) is 0 Å². The molecule has 0 saturated carbocycles. The number of aliphatic hydroxyl groups is 5. The Labute approximate surface area is 101 Å². The summed E-state index contributed by atoms with van der Waals surface area (Å²) in [6, 6.07) is 0. The molecule has 6 heteroatoms. The largest absolute Gasteiger partial charge is 0.394 e. The monoisotopic (exact) mass is 249 g/mol. The van der Waals surface area contributed by atoms with Gasteiger partial charge in [0, 0.05) is 5.71 Å². The van der Waals surface area contributed by atoms with Crippen LogP contribution >= 0.6 is 0 Å². The van der Waals surface area contributed by atoms with E-state index in [1.165, 1.54) is 6.92 Å². The Bertz CT molecular complexity index is 261. The van der Waals surface area contributed by atoms with Gasteiger partial charge >= 0.3 is 0 Å². The lowest BCUT2D eigenvalue weighted by atomic mass is 9.99. The molecule has 0 aromatic heterocycles. The number of hydrogen-bond acceptors (Lipinski definition) is 6. The third-order valence-electron chi connectivity index (χ3n) is 2.19. The number of aliphatic hydroxyl groups excluding tert-OH is 5. The average Bonchev–Trinajstić information content (AvgIpc) is 2.22. The molecule has 0 spiro atoms. The fourth-order valence-corrected chi connectivity index (χ4v) is 1.36. The van der Waals surface area contributed by atoms with Crippen molar-refractivity contribution < 1.29 is 25.5 Å². The molecule has 0 amide bonds. The highest BCUT2D eigenvalue weighted by atomic mass is 16.4. The lowest BCUT2D eigenvalue weighted by Crippen LogP contribution is -2.48. The van der Waals surface area contributed by atoms with Crippen LogP contribution in [0.5, 0.6) is 0 Å². The van der Waals surface area contributed by atoms with Crippen LogP contribution in [0, 0.1) is 0 Å². The van der Waals surface area contributed by atoms with Crippen molar-refractivity contribution >= 4 is 5.71 Å². The first-order chi connectivity index (χ1) is 7.60. The Hall–Kier alpha value is -0.530. The summed E-state index contributed by atoms with van der Waals surface area (Å²) in [5.74, 6) is 0. The molecule has 0 heterocycles. The average molecular weight is 249 g/mol. The molecule has 0 aliphatic carbocycles. The van der Waals surface area contributed by atoms with Gasteiger partial charge in [0.05, 0.1) is 12.1 Å². The zero-order valence-electron chi connectivity index (χ0n) is 10.7. The molecule has 0 rings (SSSR count). The maximum absolute atomic E-state index is 9.73. The molecule has 0 aromatic carbocycles. The maximum Gasteiger partial charge on any atom is 0.120 e. The predicted octanol–water partition coefficient (Wildman–Crippen LogP) is -1.32. The molecule has 0 fully saturated rings. The van der Waals surface area contributed by atoms with Gasteiger partial charge in [-0.2, -0.15) is 0 Å². The second-order valence-electron chi connectivity index (χ2n) is 5.10. The molecule has 5 N–H and O–H groups in total. The minimum atomic E-state index is -1.62. The lowest BCUT2D eigenvalue weighted by Gasteiger charge is -2.26. The van der Waals surface area contributed by atoms with Gasteiger partial charge in [-0.3, -0.25) is 4.99 Å². The Morgan fingerprint density at radius 3 is 1.88 bits per heavy atom. The SMILES string of the molecule is CC(=NC(C)(C)C)[C@H](O)[C@@H](O)[C@H](O)[C@H](O)CO. The number of nitrogens with zero attached hydrogens (tertiary/aromatic N) is 1. The van der Waals surface area contributed by atoms with E-state index in [9.17, 15) is 15.3 Å². The first-order valence-electron chi connectivity index (χ1n) is 5.49. The van der Waals surface area contributed by atoms with Gasteiger partial charge in [0.15, 0.2) is 0 Å². The minimum absolute atomic E-state index is 0.259. The molecule has 0 saturated heterocycles. The van der Waals surface area contributed by atoms with Crippen molar-refractivity contribution in [3.63, 3.8) is 0 Å². The first kappa shape index (κ1) is 16.5. The van der Waals surface area contributed by atoms with Crippen LogP contribution in [-0.4, -0.2) is 67.8 Å². The Morgan fingerprint density at radius 1 is 1.06 bits per heavy atom. The van der Waals surface area contributed by atoms with Gasteiger partial charge in [0.25, 0.3) is 0 Å². The van der Waals surface area contributed by atoms with Crippen molar-refractivity contribution in [1.29, 1.82) is 0 Å². The second-order valence-corrected chi connectivity index (χ2v) is 5.10. The van der Waals surface area contributed by atoms with Gasteiger partial charge in [0.2, 0.25) is 0 Å². The van der Waals surface area contributed by atoms with Crippen molar-refractivity contribution in [2.45, 2.75) is 57.6 Å². The summed E-state index contributed by atoms with van der Waals surface area (Å²) in [5, 5.41) is 46.5. The summed E-state index contributed by atoms with van der Waals surface area (Å²) >= 11 is 0. The van der Waals surface area contributed by atoms with E-state index in [2.05, 4.69) is 4.99 Å². The number of hydrogen-bond donors (Lipinski definition) is 5. The normalized spacial score (nSPS) is 20.9. The van der Waals surface area contributed by atoms with E-state index in [1.807, 2.05) is 20.8 Å². The molecule has 0 aromatic rings. The minimum Gasteiger partial charge on any atom is -0.394 e. The zero-order valence-corrected chi connectivity index (χ0v) is 10.7. The van der Waals surface area contributed by atoms with Gasteiger partial charge in [0.1, 0.15) is 24.4 Å². The summed E-state index contributed by atoms with van der Waals surface area (Å²) < 4.78 is 0. The van der Waals surface area contributed by atoms with Crippen LogP contribution in [-0.2, 0) is 0 Å². The molecular formula is C11H23NO5. The number of aliphatic imine (C=N–C) groups is 1. The van der Waals surface area contributed by atoms with Crippen LogP contribution in [0.25, 0.3) is 0 Å². The zero-order chi connectivity index (χ0) is 13.8.